The Morgan fingerprint density at radius 3 is 2.63 bits per heavy atom. The molecule has 0 radical (unpaired) electrons. The Morgan fingerprint density at radius 2 is 1.89 bits per heavy atom. The first-order valence-corrected chi connectivity index (χ1v) is 18.3. The van der Waals surface area contributed by atoms with Gasteiger partial charge in [0.15, 0.2) is 12.6 Å². The molecule has 4 fully saturated rings. The summed E-state index contributed by atoms with van der Waals surface area (Å²) in [6, 6.07) is 0.492. The maximum absolute atomic E-state index is 17.1. The number of amides is 1. The van der Waals surface area contributed by atoms with Gasteiger partial charge < -0.3 is 28.6 Å². The second kappa shape index (κ2) is 13.4. The van der Waals surface area contributed by atoms with Crippen molar-refractivity contribution in [2.45, 2.75) is 94.5 Å². The lowest BCUT2D eigenvalue weighted by Crippen LogP contribution is -2.63. The molecule has 5 aliphatic heterocycles. The first-order chi connectivity index (χ1) is 25.6. The van der Waals surface area contributed by atoms with Crippen LogP contribution in [0.3, 0.4) is 0 Å². The van der Waals surface area contributed by atoms with Gasteiger partial charge in [0.05, 0.1) is 34.3 Å². The average Bonchev–Trinajstić information content (AvgIpc) is 3.69. The van der Waals surface area contributed by atoms with Crippen LogP contribution >= 0.6 is 11.6 Å². The van der Waals surface area contributed by atoms with Crippen molar-refractivity contribution in [3.63, 3.8) is 0 Å². The lowest BCUT2D eigenvalue weighted by Gasteiger charge is -2.46. The van der Waals surface area contributed by atoms with E-state index in [0.717, 1.165) is 18.6 Å². The average molecular weight is 783 g/mol. The number of piperazine rings is 1. The molecule has 0 N–H and O–H groups in total. The Morgan fingerprint density at radius 1 is 1.09 bits per heavy atom. The van der Waals surface area contributed by atoms with Crippen LogP contribution in [0.15, 0.2) is 12.1 Å². The number of methoxy groups -OCH3 is 1. The maximum atomic E-state index is 17.1. The van der Waals surface area contributed by atoms with Gasteiger partial charge in [-0.2, -0.15) is 23.1 Å². The van der Waals surface area contributed by atoms with E-state index in [9.17, 15) is 22.4 Å². The molecule has 1 aromatic carbocycles. The zero-order valence-corrected chi connectivity index (χ0v) is 30.9. The van der Waals surface area contributed by atoms with Crippen molar-refractivity contribution in [3.8, 4) is 28.9 Å². The van der Waals surface area contributed by atoms with Crippen LogP contribution in [0.2, 0.25) is 5.02 Å². The summed E-state index contributed by atoms with van der Waals surface area (Å²) in [4.78, 5) is 32.8. The summed E-state index contributed by atoms with van der Waals surface area (Å²) in [5.41, 5.74) is -4.51. The molecule has 2 bridgehead atoms. The van der Waals surface area contributed by atoms with Crippen molar-refractivity contribution in [2.75, 3.05) is 51.7 Å². The highest BCUT2D eigenvalue weighted by molar-refractivity contribution is 6.32. The quantitative estimate of drug-likeness (QED) is 0.187. The zero-order chi connectivity index (χ0) is 38.3. The van der Waals surface area contributed by atoms with Gasteiger partial charge >= 0.3 is 18.3 Å². The number of anilines is 1. The molecule has 1 amide bonds. The number of alkyl halides is 4. The van der Waals surface area contributed by atoms with Gasteiger partial charge in [0.2, 0.25) is 5.88 Å². The minimum atomic E-state index is -5.03. The molecule has 4 saturated heterocycles. The van der Waals surface area contributed by atoms with Crippen molar-refractivity contribution < 1.29 is 50.4 Å². The van der Waals surface area contributed by atoms with Gasteiger partial charge in [0.25, 0.3) is 0 Å². The summed E-state index contributed by atoms with van der Waals surface area (Å²) in [5.74, 6) is -1.33. The standard InChI is InChI=1S/C36H40ClF5N6O6/c1-34(2,3)54-33(49)48-19-6-7-23(48)24-15-51-31-25-29(27(39)28(43-31)21-10-20(53-17-50-4)11-22(37)26(21)36(40,41)42)44-32(45-30(25)47(24)14-19)52-16-35-8-5-9-46(35)13-18(38)12-35/h10-11,18-19,23-24H,5-9,12-17H2,1-4H3/t18-,19-,23+,24-,35+/m1/s1. The normalized spacial score (nSPS) is 26.4. The molecule has 0 spiro atoms. The number of hydrogen-bond donors (Lipinski definition) is 0. The summed E-state index contributed by atoms with van der Waals surface area (Å²) in [6.45, 7) is 6.24. The van der Waals surface area contributed by atoms with E-state index in [0.29, 0.717) is 25.8 Å². The van der Waals surface area contributed by atoms with Crippen LogP contribution in [0.1, 0.15) is 58.4 Å². The highest BCUT2D eigenvalue weighted by atomic mass is 35.5. The third-order valence-electron chi connectivity index (χ3n) is 11.0. The van der Waals surface area contributed by atoms with E-state index in [2.05, 4.69) is 9.97 Å². The van der Waals surface area contributed by atoms with Crippen molar-refractivity contribution in [2.24, 2.45) is 0 Å². The van der Waals surface area contributed by atoms with E-state index in [1.54, 1.807) is 25.7 Å². The van der Waals surface area contributed by atoms with E-state index in [1.807, 2.05) is 9.80 Å². The van der Waals surface area contributed by atoms with Crippen LogP contribution in [-0.4, -0.2) is 113 Å². The summed E-state index contributed by atoms with van der Waals surface area (Å²) in [7, 11) is 1.33. The summed E-state index contributed by atoms with van der Waals surface area (Å²) in [5, 5.41) is -0.710. The van der Waals surface area contributed by atoms with Crippen LogP contribution in [0.5, 0.6) is 17.6 Å². The summed E-state index contributed by atoms with van der Waals surface area (Å²) < 4.78 is 104. The molecule has 0 unspecified atom stereocenters. The number of carbonyl (C=O) groups is 1. The largest absolute Gasteiger partial charge is 0.475 e. The van der Waals surface area contributed by atoms with Crippen LogP contribution in [0, 0.1) is 5.82 Å². The zero-order valence-electron chi connectivity index (χ0n) is 30.1. The second-order valence-corrected chi connectivity index (χ2v) is 16.0. The number of carbonyl (C=O) groups excluding carboxylic acids is 1. The molecule has 8 rings (SSSR count). The van der Waals surface area contributed by atoms with Crippen molar-refractivity contribution in [3.05, 3.63) is 28.5 Å². The number of rotatable bonds is 7. The van der Waals surface area contributed by atoms with Crippen LogP contribution in [0.4, 0.5) is 32.6 Å². The molecule has 2 aromatic heterocycles. The lowest BCUT2D eigenvalue weighted by molar-refractivity contribution is -0.137. The number of nitrogens with zero attached hydrogens (tertiary/aromatic N) is 6. The molecule has 5 aliphatic rings. The topological polar surface area (TPSA) is 112 Å². The first kappa shape index (κ1) is 37.0. The number of pyridine rings is 1. The van der Waals surface area contributed by atoms with Gasteiger partial charge in [-0.3, -0.25) is 9.80 Å². The third-order valence-corrected chi connectivity index (χ3v) is 11.3. The Labute approximate surface area is 312 Å². The van der Waals surface area contributed by atoms with Gasteiger partial charge in [-0.1, -0.05) is 11.6 Å². The number of hydrogen-bond acceptors (Lipinski definition) is 11. The number of fused-ring (bicyclic) bond motifs is 6. The molecule has 3 aromatic rings. The van der Waals surface area contributed by atoms with E-state index in [4.69, 9.17) is 40.3 Å². The minimum absolute atomic E-state index is 0.0229. The molecular weight excluding hydrogens is 743 g/mol. The fourth-order valence-corrected chi connectivity index (χ4v) is 9.14. The fourth-order valence-electron chi connectivity index (χ4n) is 8.82. The van der Waals surface area contributed by atoms with E-state index in [1.165, 1.54) is 7.11 Å². The number of halogens is 6. The molecule has 292 valence electrons. The van der Waals surface area contributed by atoms with Crippen molar-refractivity contribution in [1.29, 1.82) is 0 Å². The molecule has 12 nitrogen and oxygen atoms in total. The van der Waals surface area contributed by atoms with E-state index < -0.39 is 69.3 Å². The Balaban J connectivity index is 1.27. The highest BCUT2D eigenvalue weighted by Crippen LogP contribution is 2.49. The fraction of sp³-hybridized carbons (Fsp3) is 0.611. The first-order valence-electron chi connectivity index (χ1n) is 17.9. The van der Waals surface area contributed by atoms with Gasteiger partial charge in [-0.05, 0) is 65.1 Å². The number of aromatic nitrogens is 3. The maximum Gasteiger partial charge on any atom is 0.418 e. The smallest absolute Gasteiger partial charge is 0.418 e. The molecule has 7 heterocycles. The van der Waals surface area contributed by atoms with E-state index >= 15 is 4.39 Å². The van der Waals surface area contributed by atoms with Crippen molar-refractivity contribution in [1.82, 2.24) is 24.8 Å². The molecule has 54 heavy (non-hydrogen) atoms. The van der Waals surface area contributed by atoms with Gasteiger partial charge in [-0.25, -0.2) is 18.6 Å². The van der Waals surface area contributed by atoms with Crippen LogP contribution < -0.4 is 19.1 Å². The molecule has 5 atom stereocenters. The second-order valence-electron chi connectivity index (χ2n) is 15.6. The summed E-state index contributed by atoms with van der Waals surface area (Å²) >= 11 is 6.19. The molecule has 0 saturated carbocycles. The predicted molar refractivity (Wildman–Crippen MR) is 185 cm³/mol. The predicted octanol–water partition coefficient (Wildman–Crippen LogP) is 6.79. The Kier molecular flexibility index (Phi) is 9.15. The summed E-state index contributed by atoms with van der Waals surface area (Å²) in [6.07, 6.45) is -3.45. The monoisotopic (exact) mass is 782 g/mol. The SMILES string of the molecule is COCOc1cc(Cl)c(C(F)(F)F)c(-c2nc3c4c(nc(OC[C@@]56CCCN5C[C@H](F)C6)nc4c2F)N2C[C@H]4CC[C@@H]([C@H]2CO3)N4C(=O)OC(C)(C)C)c1. The van der Waals surface area contributed by atoms with Gasteiger partial charge in [-0.15, -0.1) is 0 Å². The molecule has 0 aliphatic carbocycles. The minimum Gasteiger partial charge on any atom is -0.475 e. The number of benzene rings is 1. The Bertz CT molecular complexity index is 1990. The van der Waals surface area contributed by atoms with E-state index in [-0.39, 0.29) is 79.9 Å². The van der Waals surface area contributed by atoms with Crippen LogP contribution in [-0.2, 0) is 15.7 Å². The lowest BCUT2D eigenvalue weighted by atomic mass is 9.95. The Hall–Kier alpha value is -3.96. The van der Waals surface area contributed by atoms with Crippen molar-refractivity contribution >= 4 is 34.4 Å². The third kappa shape index (κ3) is 6.38. The van der Waals surface area contributed by atoms with Gasteiger partial charge in [0, 0.05) is 32.2 Å². The van der Waals surface area contributed by atoms with Crippen LogP contribution in [0.25, 0.3) is 22.2 Å². The van der Waals surface area contributed by atoms with Gasteiger partial charge in [0.1, 0.15) is 53.2 Å². The number of ether oxygens (including phenoxy) is 5. The molecule has 18 heteroatoms. The highest BCUT2D eigenvalue weighted by Gasteiger charge is 2.53. The molecular formula is C36H40ClF5N6O6.